The second-order valence-corrected chi connectivity index (χ2v) is 7.71. The molecule has 0 saturated heterocycles. The van der Waals surface area contributed by atoms with Gasteiger partial charge in [-0.3, -0.25) is 19.0 Å². The van der Waals surface area contributed by atoms with Crippen LogP contribution in [0, 0.1) is 0 Å². The molecule has 0 aliphatic carbocycles. The molecule has 1 heterocycles. The topological polar surface area (TPSA) is 93.1 Å². The molecule has 2 aromatic carbocycles. The van der Waals surface area contributed by atoms with Gasteiger partial charge in [0.15, 0.2) is 5.16 Å². The van der Waals surface area contributed by atoms with Gasteiger partial charge in [0.1, 0.15) is 0 Å². The highest BCUT2D eigenvalue weighted by molar-refractivity contribution is 7.99. The lowest BCUT2D eigenvalue weighted by Crippen LogP contribution is -2.40. The molecule has 0 radical (unpaired) electrons. The number of rotatable bonds is 6. The van der Waals surface area contributed by atoms with E-state index in [-0.39, 0.29) is 35.7 Å². The Bertz CT molecular complexity index is 1110. The zero-order chi connectivity index (χ0) is 20.3. The van der Waals surface area contributed by atoms with E-state index in [1.165, 1.54) is 4.57 Å². The predicted molar refractivity (Wildman–Crippen MR) is 112 cm³/mol. The number of aromatic nitrogens is 2. The normalized spacial score (nSPS) is 11.1. The van der Waals surface area contributed by atoms with Gasteiger partial charge in [0.2, 0.25) is 11.8 Å². The Morgan fingerprint density at radius 2 is 1.82 bits per heavy atom. The Morgan fingerprint density at radius 3 is 2.50 bits per heavy atom. The lowest BCUT2D eigenvalue weighted by molar-refractivity contribution is -0.125. The van der Waals surface area contributed by atoms with E-state index >= 15 is 0 Å². The van der Waals surface area contributed by atoms with Crippen LogP contribution in [0.5, 0.6) is 0 Å². The first kappa shape index (κ1) is 19.9. The molecule has 3 rings (SSSR count). The van der Waals surface area contributed by atoms with E-state index in [1.54, 1.807) is 7.05 Å². The summed E-state index contributed by atoms with van der Waals surface area (Å²) >= 11 is 1.16. The summed E-state index contributed by atoms with van der Waals surface area (Å²) in [6, 6.07) is 11.5. The predicted octanol–water partition coefficient (Wildman–Crippen LogP) is 1.82. The van der Waals surface area contributed by atoms with E-state index in [0.29, 0.717) is 16.1 Å². The third-order valence-electron chi connectivity index (χ3n) is 4.13. The van der Waals surface area contributed by atoms with E-state index < -0.39 is 0 Å². The first-order valence-corrected chi connectivity index (χ1v) is 9.92. The second kappa shape index (κ2) is 8.43. The fourth-order valence-corrected chi connectivity index (χ4v) is 3.60. The highest BCUT2D eigenvalue weighted by Crippen LogP contribution is 2.22. The number of hydrogen-bond acceptors (Lipinski definition) is 5. The van der Waals surface area contributed by atoms with Crippen molar-refractivity contribution in [2.24, 2.45) is 7.05 Å². The molecule has 7 nitrogen and oxygen atoms in total. The summed E-state index contributed by atoms with van der Waals surface area (Å²) in [5, 5.41) is 8.25. The summed E-state index contributed by atoms with van der Waals surface area (Å²) in [6.45, 7) is 3.63. The molecule has 0 spiro atoms. The lowest BCUT2D eigenvalue weighted by atomic mass is 10.1. The van der Waals surface area contributed by atoms with Crippen LogP contribution < -0.4 is 16.2 Å². The molecule has 0 saturated carbocycles. The van der Waals surface area contributed by atoms with Gasteiger partial charge in [0, 0.05) is 13.1 Å². The Kier molecular flexibility index (Phi) is 5.99. The lowest BCUT2D eigenvalue weighted by Gasteiger charge is -2.11. The van der Waals surface area contributed by atoms with E-state index in [4.69, 9.17) is 0 Å². The van der Waals surface area contributed by atoms with Crippen LogP contribution in [0.2, 0.25) is 0 Å². The van der Waals surface area contributed by atoms with Crippen molar-refractivity contribution in [3.63, 3.8) is 0 Å². The number of hydrogen-bond donors (Lipinski definition) is 2. The van der Waals surface area contributed by atoms with Gasteiger partial charge in [-0.15, -0.1) is 0 Å². The molecule has 0 fully saturated rings. The molecule has 1 aromatic heterocycles. The quantitative estimate of drug-likeness (QED) is 0.375. The Hall–Kier alpha value is -2.87. The van der Waals surface area contributed by atoms with Crippen LogP contribution in [-0.4, -0.2) is 39.7 Å². The van der Waals surface area contributed by atoms with Gasteiger partial charge in [0.25, 0.3) is 5.56 Å². The summed E-state index contributed by atoms with van der Waals surface area (Å²) in [7, 11) is 1.64. The monoisotopic (exact) mass is 398 g/mol. The molecular weight excluding hydrogens is 376 g/mol. The van der Waals surface area contributed by atoms with Crippen molar-refractivity contribution < 1.29 is 9.59 Å². The average molecular weight is 398 g/mol. The van der Waals surface area contributed by atoms with Crippen LogP contribution in [0.1, 0.15) is 13.8 Å². The number of thioether (sulfide) groups is 1. The van der Waals surface area contributed by atoms with Crippen molar-refractivity contribution in [1.82, 2.24) is 20.2 Å². The molecular formula is C20H22N4O3S. The standard InChI is InChI=1S/C20H22N4O3S/c1-12(2)22-17(25)10-21-18(26)11-28-20-23-16-9-14-7-5-4-6-13(14)8-15(16)19(27)24(20)3/h4-9,12H,10-11H2,1-3H3,(H,21,26)(H,22,25). The summed E-state index contributed by atoms with van der Waals surface area (Å²) < 4.78 is 1.44. The molecule has 0 unspecified atom stereocenters. The fourth-order valence-electron chi connectivity index (χ4n) is 2.80. The maximum atomic E-state index is 12.7. The molecule has 2 amide bonds. The van der Waals surface area contributed by atoms with Crippen LogP contribution in [-0.2, 0) is 16.6 Å². The minimum atomic E-state index is -0.295. The summed E-state index contributed by atoms with van der Waals surface area (Å²) in [4.78, 5) is 40.9. The van der Waals surface area contributed by atoms with E-state index in [0.717, 1.165) is 22.5 Å². The van der Waals surface area contributed by atoms with Crippen molar-refractivity contribution >= 4 is 45.3 Å². The van der Waals surface area contributed by atoms with Crippen molar-refractivity contribution in [1.29, 1.82) is 0 Å². The number of amides is 2. The van der Waals surface area contributed by atoms with Crippen molar-refractivity contribution in [3.8, 4) is 0 Å². The highest BCUT2D eigenvalue weighted by atomic mass is 32.2. The summed E-state index contributed by atoms with van der Waals surface area (Å²) in [5.41, 5.74) is 0.441. The van der Waals surface area contributed by atoms with E-state index in [1.807, 2.05) is 50.2 Å². The molecule has 0 atom stereocenters. The zero-order valence-electron chi connectivity index (χ0n) is 16.0. The highest BCUT2D eigenvalue weighted by Gasteiger charge is 2.12. The molecule has 146 valence electrons. The van der Waals surface area contributed by atoms with Crippen LogP contribution in [0.4, 0.5) is 0 Å². The van der Waals surface area contributed by atoms with Crippen molar-refractivity contribution in [2.45, 2.75) is 25.0 Å². The molecule has 0 aliphatic rings. The molecule has 0 bridgehead atoms. The second-order valence-electron chi connectivity index (χ2n) is 6.76. The number of carbonyl (C=O) groups is 2. The van der Waals surface area contributed by atoms with Crippen LogP contribution in [0.25, 0.3) is 21.7 Å². The first-order valence-electron chi connectivity index (χ1n) is 8.93. The molecule has 3 aromatic rings. The SMILES string of the molecule is CC(C)NC(=O)CNC(=O)CSc1nc2cc3ccccc3cc2c(=O)n1C. The van der Waals surface area contributed by atoms with Gasteiger partial charge in [-0.1, -0.05) is 36.0 Å². The van der Waals surface area contributed by atoms with Crippen molar-refractivity contribution in [3.05, 3.63) is 46.8 Å². The van der Waals surface area contributed by atoms with Gasteiger partial charge < -0.3 is 10.6 Å². The molecule has 28 heavy (non-hydrogen) atoms. The third-order valence-corrected chi connectivity index (χ3v) is 5.16. The van der Waals surface area contributed by atoms with Gasteiger partial charge in [-0.2, -0.15) is 0 Å². The number of nitrogens with zero attached hydrogens (tertiary/aromatic N) is 2. The smallest absolute Gasteiger partial charge is 0.261 e. The Balaban J connectivity index is 1.75. The zero-order valence-corrected chi connectivity index (χ0v) is 16.8. The largest absolute Gasteiger partial charge is 0.352 e. The number of benzene rings is 2. The van der Waals surface area contributed by atoms with Crippen molar-refractivity contribution in [2.75, 3.05) is 12.3 Å². The maximum Gasteiger partial charge on any atom is 0.261 e. The van der Waals surface area contributed by atoms with Crippen LogP contribution in [0.15, 0.2) is 46.3 Å². The molecule has 0 aliphatic heterocycles. The van der Waals surface area contributed by atoms with Gasteiger partial charge in [-0.05, 0) is 36.8 Å². The van der Waals surface area contributed by atoms with E-state index in [9.17, 15) is 14.4 Å². The minimum Gasteiger partial charge on any atom is -0.352 e. The maximum absolute atomic E-state index is 12.7. The molecule has 2 N–H and O–H groups in total. The number of fused-ring (bicyclic) bond motifs is 2. The Labute approximate surface area is 166 Å². The molecule has 8 heteroatoms. The number of nitrogens with one attached hydrogen (secondary N) is 2. The number of carbonyl (C=O) groups excluding carboxylic acids is 2. The van der Waals surface area contributed by atoms with Gasteiger partial charge in [-0.25, -0.2) is 4.98 Å². The third kappa shape index (κ3) is 4.51. The average Bonchev–Trinajstić information content (AvgIpc) is 2.66. The van der Waals surface area contributed by atoms with Crippen LogP contribution >= 0.6 is 11.8 Å². The Morgan fingerprint density at radius 1 is 1.14 bits per heavy atom. The summed E-state index contributed by atoms with van der Waals surface area (Å²) in [6.07, 6.45) is 0. The minimum absolute atomic E-state index is 0.0196. The van der Waals surface area contributed by atoms with E-state index in [2.05, 4.69) is 15.6 Å². The van der Waals surface area contributed by atoms with Gasteiger partial charge >= 0.3 is 0 Å². The first-order chi connectivity index (χ1) is 13.3. The fraction of sp³-hybridized carbons (Fsp3) is 0.300. The van der Waals surface area contributed by atoms with Crippen LogP contribution in [0.3, 0.4) is 0 Å². The van der Waals surface area contributed by atoms with Gasteiger partial charge in [0.05, 0.1) is 23.2 Å². The summed E-state index contributed by atoms with van der Waals surface area (Å²) in [5.74, 6) is -0.470.